The number of anilines is 1. The Kier molecular flexibility index (Phi) is 3.38. The second-order valence-corrected chi connectivity index (χ2v) is 4.79. The highest BCUT2D eigenvalue weighted by atomic mass is 32.1. The molecule has 3 N–H and O–H groups in total. The monoisotopic (exact) mass is 239 g/mol. The minimum Gasteiger partial charge on any atom is -0.388 e. The summed E-state index contributed by atoms with van der Waals surface area (Å²) in [6, 6.07) is 0. The maximum absolute atomic E-state index is 7.23. The summed E-state index contributed by atoms with van der Waals surface area (Å²) in [7, 11) is 0. The zero-order chi connectivity index (χ0) is 11.5. The lowest BCUT2D eigenvalue weighted by Crippen LogP contribution is -2.27. The van der Waals surface area contributed by atoms with Crippen molar-refractivity contribution in [3.63, 3.8) is 0 Å². The predicted molar refractivity (Wildman–Crippen MR) is 66.3 cm³/mol. The van der Waals surface area contributed by atoms with Gasteiger partial charge in [-0.1, -0.05) is 0 Å². The van der Waals surface area contributed by atoms with Crippen LogP contribution in [0.4, 0.5) is 5.13 Å². The summed E-state index contributed by atoms with van der Waals surface area (Å²) in [4.78, 5) is 6.67. The molecule has 1 saturated carbocycles. The molecule has 1 aliphatic carbocycles. The van der Waals surface area contributed by atoms with Crippen molar-refractivity contribution in [1.82, 2.24) is 9.36 Å². The Balaban J connectivity index is 1.98. The molecule has 5 nitrogen and oxygen atoms in total. The van der Waals surface area contributed by atoms with Gasteiger partial charge in [-0.3, -0.25) is 5.41 Å². The van der Waals surface area contributed by atoms with Crippen LogP contribution >= 0.6 is 11.5 Å². The van der Waals surface area contributed by atoms with E-state index in [9.17, 15) is 0 Å². The SMILES string of the molecule is CCN(CCC(=N)N)c1nc(C2CC2)ns1. The molecular weight excluding hydrogens is 222 g/mol. The molecule has 16 heavy (non-hydrogen) atoms. The second kappa shape index (κ2) is 4.78. The first kappa shape index (κ1) is 11.3. The molecule has 2 rings (SSSR count). The van der Waals surface area contributed by atoms with Crippen LogP contribution in [0.25, 0.3) is 0 Å². The van der Waals surface area contributed by atoms with E-state index in [1.54, 1.807) is 0 Å². The average Bonchev–Trinajstić information content (AvgIpc) is 2.99. The molecule has 0 radical (unpaired) electrons. The van der Waals surface area contributed by atoms with E-state index >= 15 is 0 Å². The Morgan fingerprint density at radius 3 is 2.94 bits per heavy atom. The van der Waals surface area contributed by atoms with Crippen LogP contribution < -0.4 is 10.6 Å². The van der Waals surface area contributed by atoms with Gasteiger partial charge < -0.3 is 10.6 Å². The topological polar surface area (TPSA) is 78.9 Å². The van der Waals surface area contributed by atoms with Crippen molar-refractivity contribution < 1.29 is 0 Å². The zero-order valence-corrected chi connectivity index (χ0v) is 10.3. The summed E-state index contributed by atoms with van der Waals surface area (Å²) in [6.45, 7) is 3.72. The van der Waals surface area contributed by atoms with Crippen LogP contribution in [0, 0.1) is 5.41 Å². The molecule has 0 bridgehead atoms. The Morgan fingerprint density at radius 1 is 1.62 bits per heavy atom. The van der Waals surface area contributed by atoms with E-state index in [0.29, 0.717) is 12.3 Å². The van der Waals surface area contributed by atoms with Crippen LogP contribution in [0.3, 0.4) is 0 Å². The van der Waals surface area contributed by atoms with Crippen molar-refractivity contribution in [3.05, 3.63) is 5.82 Å². The standard InChI is InChI=1S/C10H17N5S/c1-2-15(6-5-8(11)12)10-13-9(14-16-10)7-3-4-7/h7H,2-6H2,1H3,(H3,11,12). The highest BCUT2D eigenvalue weighted by Gasteiger charge is 2.28. The number of rotatable bonds is 6. The Bertz CT molecular complexity index is 371. The van der Waals surface area contributed by atoms with Gasteiger partial charge >= 0.3 is 0 Å². The van der Waals surface area contributed by atoms with Gasteiger partial charge in [0.1, 0.15) is 5.82 Å². The largest absolute Gasteiger partial charge is 0.388 e. The normalized spacial score (nSPS) is 15.1. The molecule has 0 unspecified atom stereocenters. The highest BCUT2D eigenvalue weighted by Crippen LogP contribution is 2.39. The number of nitrogens with one attached hydrogen (secondary N) is 1. The van der Waals surface area contributed by atoms with E-state index in [1.807, 2.05) is 0 Å². The summed E-state index contributed by atoms with van der Waals surface area (Å²) in [6.07, 6.45) is 3.05. The maximum atomic E-state index is 7.23. The molecule has 0 amide bonds. The van der Waals surface area contributed by atoms with E-state index in [4.69, 9.17) is 11.1 Å². The summed E-state index contributed by atoms with van der Waals surface area (Å²) in [5.41, 5.74) is 5.36. The van der Waals surface area contributed by atoms with Gasteiger partial charge in [0, 0.05) is 37.0 Å². The van der Waals surface area contributed by atoms with Crippen molar-refractivity contribution >= 4 is 22.5 Å². The third-order valence-corrected chi connectivity index (χ3v) is 3.47. The summed E-state index contributed by atoms with van der Waals surface area (Å²) in [5.74, 6) is 1.84. The Morgan fingerprint density at radius 2 is 2.38 bits per heavy atom. The highest BCUT2D eigenvalue weighted by molar-refractivity contribution is 7.09. The van der Waals surface area contributed by atoms with Crippen molar-refractivity contribution in [3.8, 4) is 0 Å². The third kappa shape index (κ3) is 2.69. The summed E-state index contributed by atoms with van der Waals surface area (Å²) in [5, 5.41) is 8.19. The van der Waals surface area contributed by atoms with E-state index in [0.717, 1.165) is 24.0 Å². The molecule has 1 aliphatic rings. The molecule has 0 atom stereocenters. The van der Waals surface area contributed by atoms with Crippen molar-refractivity contribution in [2.45, 2.75) is 32.1 Å². The Labute approximate surface area is 99.4 Å². The Hall–Kier alpha value is -1.17. The number of aromatic nitrogens is 2. The molecule has 0 spiro atoms. The minimum absolute atomic E-state index is 0.227. The molecule has 1 fully saturated rings. The van der Waals surface area contributed by atoms with Gasteiger partial charge in [0.05, 0.1) is 5.84 Å². The molecule has 0 saturated heterocycles. The number of nitrogens with two attached hydrogens (primary N) is 1. The molecule has 6 heteroatoms. The molecule has 0 aliphatic heterocycles. The van der Waals surface area contributed by atoms with Gasteiger partial charge in [0.25, 0.3) is 0 Å². The van der Waals surface area contributed by atoms with Crippen LogP contribution in [0.2, 0.25) is 0 Å². The summed E-state index contributed by atoms with van der Waals surface area (Å²) >= 11 is 1.46. The van der Waals surface area contributed by atoms with Crippen LogP contribution in [-0.2, 0) is 0 Å². The molecule has 1 aromatic heterocycles. The first-order valence-electron chi connectivity index (χ1n) is 5.62. The lowest BCUT2D eigenvalue weighted by molar-refractivity contribution is 0.820. The van der Waals surface area contributed by atoms with Gasteiger partial charge in [-0.05, 0) is 19.8 Å². The molecular formula is C10H17N5S. The van der Waals surface area contributed by atoms with Crippen molar-refractivity contribution in [2.24, 2.45) is 5.73 Å². The zero-order valence-electron chi connectivity index (χ0n) is 9.44. The smallest absolute Gasteiger partial charge is 0.205 e. The van der Waals surface area contributed by atoms with Crippen molar-refractivity contribution in [1.29, 1.82) is 5.41 Å². The molecule has 1 heterocycles. The minimum atomic E-state index is 0.227. The fraction of sp³-hybridized carbons (Fsp3) is 0.700. The van der Waals surface area contributed by atoms with Gasteiger partial charge in [0.15, 0.2) is 0 Å². The lowest BCUT2D eigenvalue weighted by atomic mass is 10.3. The first-order chi connectivity index (χ1) is 7.70. The fourth-order valence-electron chi connectivity index (χ4n) is 1.51. The summed E-state index contributed by atoms with van der Waals surface area (Å²) < 4.78 is 4.38. The number of hydrogen-bond acceptors (Lipinski definition) is 5. The van der Waals surface area contributed by atoms with E-state index < -0.39 is 0 Å². The fourth-order valence-corrected chi connectivity index (χ4v) is 2.34. The van der Waals surface area contributed by atoms with E-state index in [2.05, 4.69) is 21.2 Å². The lowest BCUT2D eigenvalue weighted by Gasteiger charge is -2.18. The average molecular weight is 239 g/mol. The van der Waals surface area contributed by atoms with Gasteiger partial charge in [0.2, 0.25) is 5.13 Å². The van der Waals surface area contributed by atoms with Crippen LogP contribution in [0.15, 0.2) is 0 Å². The quantitative estimate of drug-likeness (QED) is 0.583. The predicted octanol–water partition coefficient (Wildman–Crippen LogP) is 1.57. The van der Waals surface area contributed by atoms with Crippen molar-refractivity contribution in [2.75, 3.05) is 18.0 Å². The number of hydrogen-bond donors (Lipinski definition) is 2. The second-order valence-electron chi connectivity index (χ2n) is 4.06. The van der Waals surface area contributed by atoms with E-state index in [1.165, 1.54) is 24.4 Å². The maximum Gasteiger partial charge on any atom is 0.205 e. The van der Waals surface area contributed by atoms with Gasteiger partial charge in [-0.15, -0.1) is 0 Å². The van der Waals surface area contributed by atoms with Crippen LogP contribution in [-0.4, -0.2) is 28.3 Å². The molecule has 1 aromatic rings. The van der Waals surface area contributed by atoms with Gasteiger partial charge in [-0.25, -0.2) is 4.98 Å². The van der Waals surface area contributed by atoms with Crippen LogP contribution in [0.1, 0.15) is 37.9 Å². The van der Waals surface area contributed by atoms with Gasteiger partial charge in [-0.2, -0.15) is 4.37 Å². The molecule has 0 aromatic carbocycles. The number of nitrogens with zero attached hydrogens (tertiary/aromatic N) is 3. The first-order valence-corrected chi connectivity index (χ1v) is 6.39. The number of amidine groups is 1. The van der Waals surface area contributed by atoms with E-state index in [-0.39, 0.29) is 5.84 Å². The van der Waals surface area contributed by atoms with Crippen LogP contribution in [0.5, 0.6) is 0 Å². The third-order valence-electron chi connectivity index (χ3n) is 2.68. The molecule has 88 valence electrons.